The number of pyridine rings is 2. The van der Waals surface area contributed by atoms with E-state index in [0.29, 0.717) is 22.8 Å². The maximum Gasteiger partial charge on any atom is 0.262 e. The Labute approximate surface area is 274 Å². The second-order valence-corrected chi connectivity index (χ2v) is 11.0. The highest BCUT2D eigenvalue weighted by Gasteiger charge is 2.20. The van der Waals surface area contributed by atoms with Gasteiger partial charge in [0.25, 0.3) is 11.8 Å². The molecule has 0 bridgehead atoms. The fourth-order valence-corrected chi connectivity index (χ4v) is 5.37. The first-order valence-electron chi connectivity index (χ1n) is 15.1. The lowest BCUT2D eigenvalue weighted by molar-refractivity contribution is -0.596. The topological polar surface area (TPSA) is 126 Å². The molecule has 4 aromatic carbocycles. The van der Waals surface area contributed by atoms with E-state index in [4.69, 9.17) is 9.05 Å². The fraction of sp³-hybridized carbons (Fsp3) is 0. The van der Waals surface area contributed by atoms with Gasteiger partial charge in [-0.2, -0.15) is 19.1 Å². The first-order chi connectivity index (χ1) is 23.6. The Balaban J connectivity index is 1.01. The van der Waals surface area contributed by atoms with Crippen molar-refractivity contribution in [1.29, 1.82) is 0 Å². The summed E-state index contributed by atoms with van der Waals surface area (Å²) < 4.78 is 14.9. The second-order valence-electron chi connectivity index (χ2n) is 11.0. The van der Waals surface area contributed by atoms with Crippen molar-refractivity contribution in [3.05, 3.63) is 146 Å². The highest BCUT2D eigenvalue weighted by Crippen LogP contribution is 2.32. The molecule has 4 heterocycles. The molecule has 0 aliphatic rings. The highest BCUT2D eigenvalue weighted by atomic mass is 16.5. The van der Waals surface area contributed by atoms with Crippen LogP contribution in [0.25, 0.3) is 68.2 Å². The molecule has 0 unspecified atom stereocenters. The third kappa shape index (κ3) is 5.54. The number of aromatic nitrogens is 6. The minimum absolute atomic E-state index is 0.0478. The van der Waals surface area contributed by atoms with Gasteiger partial charge >= 0.3 is 0 Å². The van der Waals surface area contributed by atoms with Crippen molar-refractivity contribution in [2.24, 2.45) is 0 Å². The SMILES string of the molecule is Oc1ccc(-[n+]2ccc(-c3cc[n+](-c4ccc(O)c(-c5nc(-c6ccccc6)no5)c4)cc3)cc2)cc1-c1nc(-c2ccccc2)no1. The number of benzene rings is 4. The first-order valence-corrected chi connectivity index (χ1v) is 15.1. The molecule has 8 aromatic rings. The molecule has 0 radical (unpaired) electrons. The number of phenols is 2. The normalized spacial score (nSPS) is 11.1. The number of phenolic OH excluding ortho intramolecular Hbond substituents is 2. The van der Waals surface area contributed by atoms with Crippen LogP contribution in [0.3, 0.4) is 0 Å². The van der Waals surface area contributed by atoms with Crippen molar-refractivity contribution in [1.82, 2.24) is 20.3 Å². The zero-order valence-electron chi connectivity index (χ0n) is 25.3. The molecule has 0 atom stereocenters. The molecule has 8 rings (SSSR count). The number of hydrogen-bond donors (Lipinski definition) is 2. The van der Waals surface area contributed by atoms with Gasteiger partial charge in [-0.1, -0.05) is 71.0 Å². The van der Waals surface area contributed by atoms with E-state index in [9.17, 15) is 10.2 Å². The molecular formula is C38H26N6O4+2. The zero-order valence-corrected chi connectivity index (χ0v) is 25.3. The first kappa shape index (κ1) is 28.5. The number of hydrogen-bond acceptors (Lipinski definition) is 8. The molecule has 2 N–H and O–H groups in total. The quantitative estimate of drug-likeness (QED) is 0.185. The molecule has 0 fully saturated rings. The van der Waals surface area contributed by atoms with E-state index in [2.05, 4.69) is 20.3 Å². The van der Waals surface area contributed by atoms with E-state index in [1.165, 1.54) is 0 Å². The molecule has 0 saturated heterocycles. The molecule has 0 aliphatic carbocycles. The molecule has 230 valence electrons. The Morgan fingerprint density at radius 1 is 0.438 bits per heavy atom. The second kappa shape index (κ2) is 12.1. The van der Waals surface area contributed by atoms with Gasteiger partial charge in [0.15, 0.2) is 24.8 Å². The van der Waals surface area contributed by atoms with Crippen LogP contribution in [0.5, 0.6) is 11.5 Å². The minimum Gasteiger partial charge on any atom is -0.507 e. The van der Waals surface area contributed by atoms with E-state index in [1.807, 2.05) is 143 Å². The van der Waals surface area contributed by atoms with Crippen molar-refractivity contribution in [2.45, 2.75) is 0 Å². The predicted molar refractivity (Wildman–Crippen MR) is 176 cm³/mol. The van der Waals surface area contributed by atoms with Gasteiger partial charge in [-0.25, -0.2) is 0 Å². The van der Waals surface area contributed by atoms with Gasteiger partial charge < -0.3 is 19.3 Å². The third-order valence-electron chi connectivity index (χ3n) is 7.93. The lowest BCUT2D eigenvalue weighted by Crippen LogP contribution is -2.29. The Kier molecular flexibility index (Phi) is 7.19. The maximum absolute atomic E-state index is 10.6. The summed E-state index contributed by atoms with van der Waals surface area (Å²) in [4.78, 5) is 8.99. The van der Waals surface area contributed by atoms with Gasteiger partial charge in [-0.3, -0.25) is 0 Å². The average Bonchev–Trinajstić information content (AvgIpc) is 3.85. The Morgan fingerprint density at radius 3 is 1.23 bits per heavy atom. The van der Waals surface area contributed by atoms with Crippen LogP contribution in [0.4, 0.5) is 0 Å². The largest absolute Gasteiger partial charge is 0.507 e. The summed E-state index contributed by atoms with van der Waals surface area (Å²) in [6, 6.07) is 37.6. The average molecular weight is 631 g/mol. The van der Waals surface area contributed by atoms with Crippen LogP contribution in [0, 0.1) is 0 Å². The summed E-state index contributed by atoms with van der Waals surface area (Å²) in [5.41, 5.74) is 6.22. The number of aromatic hydroxyl groups is 2. The smallest absolute Gasteiger partial charge is 0.262 e. The van der Waals surface area contributed by atoms with Crippen molar-refractivity contribution >= 4 is 0 Å². The monoisotopic (exact) mass is 630 g/mol. The molecule has 10 heteroatoms. The molecule has 10 nitrogen and oxygen atoms in total. The predicted octanol–water partition coefficient (Wildman–Crippen LogP) is 6.75. The van der Waals surface area contributed by atoms with Crippen LogP contribution in [-0.2, 0) is 0 Å². The lowest BCUT2D eigenvalue weighted by Gasteiger charge is -2.04. The van der Waals surface area contributed by atoms with Gasteiger partial charge in [0.05, 0.1) is 11.1 Å². The van der Waals surface area contributed by atoms with E-state index >= 15 is 0 Å². The summed E-state index contributed by atoms with van der Waals surface area (Å²) in [7, 11) is 0. The van der Waals surface area contributed by atoms with Gasteiger partial charge in [0.2, 0.25) is 23.0 Å². The van der Waals surface area contributed by atoms with Crippen molar-refractivity contribution in [3.8, 4) is 79.7 Å². The van der Waals surface area contributed by atoms with Crippen LogP contribution in [0.2, 0.25) is 0 Å². The molecule has 0 aliphatic heterocycles. The van der Waals surface area contributed by atoms with Crippen LogP contribution < -0.4 is 9.13 Å². The van der Waals surface area contributed by atoms with Crippen LogP contribution in [-0.4, -0.2) is 30.5 Å². The van der Waals surface area contributed by atoms with Gasteiger partial charge in [0, 0.05) is 59.7 Å². The molecule has 0 amide bonds. The van der Waals surface area contributed by atoms with Gasteiger partial charge in [-0.05, 0) is 23.3 Å². The summed E-state index contributed by atoms with van der Waals surface area (Å²) in [5, 5.41) is 29.3. The van der Waals surface area contributed by atoms with E-state index < -0.39 is 0 Å². The molecular weight excluding hydrogens is 604 g/mol. The maximum atomic E-state index is 10.6. The number of rotatable bonds is 7. The van der Waals surface area contributed by atoms with Crippen molar-refractivity contribution in [3.63, 3.8) is 0 Å². The lowest BCUT2D eigenvalue weighted by atomic mass is 10.1. The summed E-state index contributed by atoms with van der Waals surface area (Å²) in [5.74, 6) is 1.46. The van der Waals surface area contributed by atoms with Crippen molar-refractivity contribution in [2.75, 3.05) is 0 Å². The van der Waals surface area contributed by atoms with Crippen molar-refractivity contribution < 1.29 is 28.4 Å². The molecule has 48 heavy (non-hydrogen) atoms. The van der Waals surface area contributed by atoms with E-state index in [-0.39, 0.29) is 23.3 Å². The fourth-order valence-electron chi connectivity index (χ4n) is 5.37. The Morgan fingerprint density at radius 2 is 0.833 bits per heavy atom. The Bertz CT molecular complexity index is 2190. The van der Waals surface area contributed by atoms with Gasteiger partial charge in [-0.15, -0.1) is 0 Å². The Hall–Kier alpha value is -6.94. The summed E-state index contributed by atoms with van der Waals surface area (Å²) in [6.45, 7) is 0. The van der Waals surface area contributed by atoms with Crippen LogP contribution in [0.1, 0.15) is 0 Å². The van der Waals surface area contributed by atoms with E-state index in [1.54, 1.807) is 12.1 Å². The molecule has 0 saturated carbocycles. The molecule has 4 aromatic heterocycles. The third-order valence-corrected chi connectivity index (χ3v) is 7.93. The highest BCUT2D eigenvalue weighted by molar-refractivity contribution is 5.68. The molecule has 0 spiro atoms. The van der Waals surface area contributed by atoms with Crippen LogP contribution >= 0.6 is 0 Å². The minimum atomic E-state index is 0.0478. The summed E-state index contributed by atoms with van der Waals surface area (Å²) in [6.07, 6.45) is 7.82. The van der Waals surface area contributed by atoms with Gasteiger partial charge in [0.1, 0.15) is 11.5 Å². The summed E-state index contributed by atoms with van der Waals surface area (Å²) >= 11 is 0. The zero-order chi connectivity index (χ0) is 32.5. The standard InChI is InChI=1S/C38H24N6O4/c45-33-13-11-29(23-31(33)37-39-35(41-47-37)27-7-3-1-4-8-27)43-19-15-25(16-20-43)26-17-21-44(22-18-26)30-12-14-34(46)32(24-30)38-40-36(42-48-38)28-9-5-2-6-10-28/h1-24H/p+2. The van der Waals surface area contributed by atoms with E-state index in [0.717, 1.165) is 33.6 Å². The number of nitrogens with zero attached hydrogens (tertiary/aromatic N) is 6. The van der Waals surface area contributed by atoms with Crippen LogP contribution in [0.15, 0.2) is 155 Å².